The fraction of sp³-hybridized carbons (Fsp3) is 0.314. The van der Waals surface area contributed by atoms with Crippen molar-refractivity contribution in [2.45, 2.75) is 37.9 Å². The summed E-state index contributed by atoms with van der Waals surface area (Å²) in [5.74, 6) is 0.187. The molecule has 4 aromatic carbocycles. The average molecular weight is 753 g/mol. The molecule has 0 fully saturated rings. The highest BCUT2D eigenvalue weighted by Gasteiger charge is 2.22. The van der Waals surface area contributed by atoms with Crippen molar-refractivity contribution < 1.29 is 19.4 Å². The minimum Gasteiger partial charge on any atom is -0.497 e. The lowest BCUT2D eigenvalue weighted by molar-refractivity contribution is -0.138. The van der Waals surface area contributed by atoms with Gasteiger partial charge in [0.1, 0.15) is 5.75 Å². The lowest BCUT2D eigenvalue weighted by atomic mass is 9.98. The zero-order valence-electron chi connectivity index (χ0n) is 27.4. The van der Waals surface area contributed by atoms with Crippen LogP contribution in [0.5, 0.6) is 5.75 Å². The summed E-state index contributed by atoms with van der Waals surface area (Å²) in [4.78, 5) is 36.0. The monoisotopic (exact) mass is 751 g/mol. The maximum absolute atomic E-state index is 12.5. The van der Waals surface area contributed by atoms with Crippen LogP contribution in [0, 0.1) is 4.91 Å². The highest BCUT2D eigenvalue weighted by Crippen LogP contribution is 2.34. The largest absolute Gasteiger partial charge is 0.497 e. The van der Waals surface area contributed by atoms with Crippen LogP contribution in [0.2, 0.25) is 10.0 Å². The molecule has 0 saturated heterocycles. The van der Waals surface area contributed by atoms with Gasteiger partial charge < -0.3 is 20.1 Å². The van der Waals surface area contributed by atoms with Gasteiger partial charge in [0.25, 0.3) is 0 Å². The number of carbonyl (C=O) groups is 2. The number of carboxylic acids is 1. The van der Waals surface area contributed by atoms with E-state index < -0.39 is 11.9 Å². The summed E-state index contributed by atoms with van der Waals surface area (Å²) in [6.45, 7) is 7.09. The minimum absolute atomic E-state index is 0. The predicted octanol–water partition coefficient (Wildman–Crippen LogP) is 10.1. The molecule has 2 N–H and O–H groups in total. The Morgan fingerprint density at radius 3 is 2.29 bits per heavy atom. The van der Waals surface area contributed by atoms with E-state index in [4.69, 9.17) is 33.0 Å². The number of halogens is 3. The van der Waals surface area contributed by atoms with Crippen LogP contribution < -0.4 is 10.1 Å². The Kier molecular flexibility index (Phi) is 17.0. The van der Waals surface area contributed by atoms with Crippen LogP contribution in [0.1, 0.15) is 37.8 Å². The number of hydrogen-bond acceptors (Lipinski definition) is 9. The van der Waals surface area contributed by atoms with Crippen LogP contribution >= 0.6 is 59.3 Å². The molecular formula is C35H40Cl3N3O5S2. The number of methoxy groups -OCH3 is 1. The van der Waals surface area contributed by atoms with E-state index in [9.17, 15) is 14.5 Å². The number of nitrogens with zero attached hydrogens (tertiary/aromatic N) is 2. The lowest BCUT2D eigenvalue weighted by Gasteiger charge is -2.26. The first-order chi connectivity index (χ1) is 22.3. The molecule has 0 aliphatic heterocycles. The summed E-state index contributed by atoms with van der Waals surface area (Å²) in [6, 6.07) is 24.4. The number of anilines is 2. The van der Waals surface area contributed by atoms with Crippen LogP contribution in [0.3, 0.4) is 0 Å². The van der Waals surface area contributed by atoms with Gasteiger partial charge >= 0.3 is 5.97 Å². The summed E-state index contributed by atoms with van der Waals surface area (Å²) >= 11 is 14.9. The second-order valence-electron chi connectivity index (χ2n) is 11.5. The minimum atomic E-state index is -0.808. The number of nitroso groups, excluding NO2 is 1. The molecule has 4 rings (SSSR count). The van der Waals surface area contributed by atoms with Crippen molar-refractivity contribution in [3.05, 3.63) is 105 Å². The molecule has 0 bridgehead atoms. The first-order valence-electron chi connectivity index (χ1n) is 14.8. The van der Waals surface area contributed by atoms with Crippen molar-refractivity contribution >= 4 is 92.6 Å². The molecule has 0 unspecified atom stereocenters. The van der Waals surface area contributed by atoms with Crippen LogP contribution in [-0.2, 0) is 16.0 Å². The molecule has 0 spiro atoms. The highest BCUT2D eigenvalue weighted by atomic mass is 35.5. The molecule has 0 aliphatic rings. The standard InChI is InChI=1S/C21H25Cl2N3O2S2.C14H14O3.ClH/c1-21(2,30-25-28)14-26(3)11-12-29-19(27)13-15-7-4-5-10-18(15)24-20-16(22)8-6-9-17(20)23;1-9(14(15)16)10-3-4-12-8-13(17-2)6-5-11(12)7-10;/h4-10,24H,11-14H2,1-3H3;3-9H,1-2H3,(H,15,16);1H/t;9-;/m.0./s1. The third-order valence-electron chi connectivity index (χ3n) is 7.19. The Morgan fingerprint density at radius 2 is 1.65 bits per heavy atom. The Morgan fingerprint density at radius 1 is 1.00 bits per heavy atom. The van der Waals surface area contributed by atoms with E-state index in [1.54, 1.807) is 32.2 Å². The van der Waals surface area contributed by atoms with Crippen LogP contribution in [0.15, 0.2) is 83.4 Å². The van der Waals surface area contributed by atoms with Gasteiger partial charge in [-0.25, -0.2) is 0 Å². The van der Waals surface area contributed by atoms with Gasteiger partial charge in [-0.2, -0.15) is 0 Å². The summed E-state index contributed by atoms with van der Waals surface area (Å²) < 4.78 is 7.81. The number of rotatable bonds is 14. The topological polar surface area (TPSA) is 108 Å². The second-order valence-corrected chi connectivity index (χ2v) is 14.9. The van der Waals surface area contributed by atoms with Gasteiger partial charge in [0.2, 0.25) is 0 Å². The van der Waals surface area contributed by atoms with Crippen molar-refractivity contribution in [1.29, 1.82) is 0 Å². The maximum Gasteiger partial charge on any atom is 0.310 e. The summed E-state index contributed by atoms with van der Waals surface area (Å²) in [7, 11) is 3.60. The smallest absolute Gasteiger partial charge is 0.310 e. The quantitative estimate of drug-likeness (QED) is 0.0961. The third-order valence-corrected chi connectivity index (χ3v) is 9.37. The number of ether oxygens (including phenoxy) is 1. The normalized spacial score (nSPS) is 11.6. The van der Waals surface area contributed by atoms with E-state index in [1.165, 1.54) is 11.8 Å². The molecule has 258 valence electrons. The molecule has 0 aromatic heterocycles. The summed E-state index contributed by atoms with van der Waals surface area (Å²) in [5.41, 5.74) is 3.13. The average Bonchev–Trinajstić information content (AvgIpc) is 3.02. The number of fused-ring (bicyclic) bond motifs is 1. The molecule has 4 aromatic rings. The SMILES string of the molecule is CN(CCSC(=O)Cc1ccccc1Nc1c(Cl)cccc1Cl)CC(C)(C)SN=O.COc1ccc2cc([C@H](C)C(=O)O)ccc2c1.Cl. The van der Waals surface area contributed by atoms with Crippen LogP contribution in [0.25, 0.3) is 10.8 Å². The van der Waals surface area contributed by atoms with Crippen molar-refractivity contribution in [3.63, 3.8) is 0 Å². The molecule has 13 heteroatoms. The van der Waals surface area contributed by atoms with Crippen molar-refractivity contribution in [3.8, 4) is 5.75 Å². The first kappa shape index (κ1) is 41.2. The number of carboxylic acid groups (broad SMARTS) is 1. The molecule has 8 nitrogen and oxygen atoms in total. The van der Waals surface area contributed by atoms with E-state index in [1.807, 2.05) is 81.6 Å². The molecule has 0 saturated carbocycles. The van der Waals surface area contributed by atoms with Gasteiger partial charge in [-0.05, 0) is 80.1 Å². The second kappa shape index (κ2) is 19.9. The fourth-order valence-electron chi connectivity index (χ4n) is 4.71. The molecule has 0 amide bonds. The van der Waals surface area contributed by atoms with Gasteiger partial charge in [0.05, 0.1) is 28.8 Å². The van der Waals surface area contributed by atoms with Crippen LogP contribution in [-0.4, -0.2) is 58.8 Å². The Bertz CT molecular complexity index is 1670. The van der Waals surface area contributed by atoms with E-state index in [2.05, 4.69) is 14.8 Å². The fourth-order valence-corrected chi connectivity index (χ4v) is 6.57. The molecular weight excluding hydrogens is 713 g/mol. The number of para-hydroxylation sites is 2. The highest BCUT2D eigenvalue weighted by molar-refractivity contribution is 8.13. The third kappa shape index (κ3) is 12.8. The van der Waals surface area contributed by atoms with Gasteiger partial charge in [-0.1, -0.05) is 83.5 Å². The number of hydrogen-bond donors (Lipinski definition) is 2. The predicted molar refractivity (Wildman–Crippen MR) is 206 cm³/mol. The lowest BCUT2D eigenvalue weighted by Crippen LogP contribution is -2.35. The first-order valence-corrected chi connectivity index (χ1v) is 17.3. The Labute approximate surface area is 306 Å². The number of thioether (sulfide) groups is 1. The van der Waals surface area contributed by atoms with Gasteiger partial charge in [-0.15, -0.1) is 17.3 Å². The van der Waals surface area contributed by atoms with E-state index >= 15 is 0 Å². The molecule has 48 heavy (non-hydrogen) atoms. The number of aliphatic carboxylic acids is 1. The molecule has 1 atom stereocenters. The van der Waals surface area contributed by atoms with Gasteiger partial charge in [0.15, 0.2) is 5.12 Å². The van der Waals surface area contributed by atoms with E-state index in [0.29, 0.717) is 34.5 Å². The molecule has 0 aliphatic carbocycles. The van der Waals surface area contributed by atoms with Crippen LogP contribution in [0.4, 0.5) is 11.4 Å². The Hall–Kier alpha value is -2.99. The summed E-state index contributed by atoms with van der Waals surface area (Å²) in [6.07, 6.45) is 0.302. The summed E-state index contributed by atoms with van der Waals surface area (Å²) in [5, 5.41) is 15.4. The van der Waals surface area contributed by atoms with E-state index in [0.717, 1.165) is 51.8 Å². The zero-order valence-corrected chi connectivity index (χ0v) is 31.3. The zero-order chi connectivity index (χ0) is 34.6. The number of carbonyl (C=O) groups excluding carboxylic acids is 1. The molecule has 0 radical (unpaired) electrons. The maximum atomic E-state index is 12.5. The van der Waals surface area contributed by atoms with Crippen molar-refractivity contribution in [1.82, 2.24) is 4.90 Å². The number of nitrogens with one attached hydrogen (secondary N) is 1. The van der Waals surface area contributed by atoms with E-state index in [-0.39, 0.29) is 22.3 Å². The molecule has 0 heterocycles. The van der Waals surface area contributed by atoms with Crippen molar-refractivity contribution in [2.24, 2.45) is 4.58 Å². The number of benzene rings is 4. The van der Waals surface area contributed by atoms with Crippen molar-refractivity contribution in [2.75, 3.05) is 38.3 Å². The van der Waals surface area contributed by atoms with Gasteiger partial charge in [-0.3, -0.25) is 9.59 Å². The Balaban J connectivity index is 0.000000376. The van der Waals surface area contributed by atoms with Gasteiger partial charge in [0, 0.05) is 52.2 Å².